The van der Waals surface area contributed by atoms with Crippen molar-refractivity contribution >= 4 is 14.0 Å². The van der Waals surface area contributed by atoms with Crippen LogP contribution in [-0.2, 0) is 0 Å². The van der Waals surface area contributed by atoms with E-state index in [0.717, 1.165) is 0 Å². The molecular weight excluding hydrogens is 176 g/mol. The van der Waals surface area contributed by atoms with E-state index in [1.807, 2.05) is 0 Å². The Bertz CT molecular complexity index is 251. The van der Waals surface area contributed by atoms with E-state index in [2.05, 4.69) is 0 Å². The summed E-state index contributed by atoms with van der Waals surface area (Å²) in [5.74, 6) is 0.608. The molecule has 1 aromatic rings. The molecule has 0 amide bonds. The van der Waals surface area contributed by atoms with E-state index in [9.17, 15) is 0 Å². The van der Waals surface area contributed by atoms with Gasteiger partial charge in [-0.05, 0) is 12.1 Å². The molecule has 0 fully saturated rings. The molecule has 4 nitrogen and oxygen atoms in total. The lowest BCUT2D eigenvalue weighted by Gasteiger charge is -2.09. The van der Waals surface area contributed by atoms with Crippen molar-refractivity contribution < 1.29 is 19.1 Å². The summed E-state index contributed by atoms with van der Waals surface area (Å²) in [6.45, 7) is 0. The smallest absolute Gasteiger partial charge is 0.497 e. The van der Waals surface area contributed by atoms with Crippen LogP contribution < -0.4 is 9.92 Å². The van der Waals surface area contributed by atoms with Gasteiger partial charge < -0.3 is 19.1 Å². The highest BCUT2D eigenvalue weighted by molar-refractivity contribution is 6.71. The molecule has 12 heavy (non-hydrogen) atoms. The molecule has 1 rings (SSSR count). The molecule has 66 valence electrons. The summed E-state index contributed by atoms with van der Waals surface area (Å²) in [5, 5.41) is 0.142. The summed E-state index contributed by atoms with van der Waals surface area (Å²) in [6, 6.07) is 5.95. The molecule has 0 unspecified atom stereocenters. The molecule has 0 spiro atoms. The number of rotatable bonds is 2. The van der Waals surface area contributed by atoms with Gasteiger partial charge in [0.2, 0.25) is 0 Å². The van der Waals surface area contributed by atoms with Crippen molar-refractivity contribution in [3.63, 3.8) is 0 Å². The first-order chi connectivity index (χ1) is 5.54. The van der Waals surface area contributed by atoms with E-state index in [4.69, 9.17) is 19.1 Å². The molecule has 3 N–H and O–H groups in total. The lowest BCUT2D eigenvalue weighted by molar-refractivity contribution is 0.249. The van der Waals surface area contributed by atoms with Crippen LogP contribution in [0.15, 0.2) is 24.3 Å². The predicted octanol–water partition coefficient (Wildman–Crippen LogP) is -1.18. The summed E-state index contributed by atoms with van der Waals surface area (Å²) >= 11 is 0. The lowest BCUT2D eigenvalue weighted by Crippen LogP contribution is -2.48. The maximum absolute atomic E-state index is 8.86. The second-order valence-corrected chi connectivity index (χ2v) is 4.21. The monoisotopic (exact) mass is 186 g/mol. The molecule has 5 heteroatoms. The molecule has 0 radical (unpaired) electrons. The summed E-state index contributed by atoms with van der Waals surface area (Å²) in [5.41, 5.74) is 0. The SMILES string of the molecule is COc1ccc([Si](O)(O)O)cc1. The largest absolute Gasteiger partial charge is 0.528 e. The third-order valence-corrected chi connectivity index (χ3v) is 2.59. The van der Waals surface area contributed by atoms with Gasteiger partial charge in [-0.3, -0.25) is 0 Å². The maximum atomic E-state index is 8.86. The van der Waals surface area contributed by atoms with Crippen LogP contribution in [0.25, 0.3) is 0 Å². The Balaban J connectivity index is 2.93. The first-order valence-corrected chi connectivity index (χ1v) is 5.20. The number of benzene rings is 1. The van der Waals surface area contributed by atoms with Crippen molar-refractivity contribution in [1.29, 1.82) is 0 Å². The zero-order valence-electron chi connectivity index (χ0n) is 6.56. The average molecular weight is 186 g/mol. The zero-order valence-corrected chi connectivity index (χ0v) is 7.56. The Morgan fingerprint density at radius 2 is 1.58 bits per heavy atom. The van der Waals surface area contributed by atoms with E-state index in [1.165, 1.54) is 19.2 Å². The molecule has 0 heterocycles. The third kappa shape index (κ3) is 2.05. The van der Waals surface area contributed by atoms with E-state index in [0.29, 0.717) is 5.75 Å². The second-order valence-electron chi connectivity index (χ2n) is 2.36. The number of hydrogen-bond donors (Lipinski definition) is 3. The lowest BCUT2D eigenvalue weighted by atomic mass is 10.3. The van der Waals surface area contributed by atoms with Gasteiger partial charge in [0.15, 0.2) is 0 Å². The van der Waals surface area contributed by atoms with Crippen molar-refractivity contribution in [2.75, 3.05) is 7.11 Å². The van der Waals surface area contributed by atoms with E-state index in [-0.39, 0.29) is 5.19 Å². The summed E-state index contributed by atoms with van der Waals surface area (Å²) < 4.78 is 4.85. The second kappa shape index (κ2) is 3.24. The van der Waals surface area contributed by atoms with Crippen LogP contribution in [0.4, 0.5) is 0 Å². The minimum absolute atomic E-state index is 0.142. The van der Waals surface area contributed by atoms with Crippen molar-refractivity contribution in [3.05, 3.63) is 24.3 Å². The summed E-state index contributed by atoms with van der Waals surface area (Å²) in [6.07, 6.45) is 0. The van der Waals surface area contributed by atoms with Crippen molar-refractivity contribution in [2.24, 2.45) is 0 Å². The molecule has 0 saturated heterocycles. The van der Waals surface area contributed by atoms with Gasteiger partial charge in [0.25, 0.3) is 0 Å². The van der Waals surface area contributed by atoms with E-state index < -0.39 is 8.80 Å². The van der Waals surface area contributed by atoms with Crippen molar-refractivity contribution in [3.8, 4) is 5.75 Å². The Kier molecular flexibility index (Phi) is 2.48. The summed E-state index contributed by atoms with van der Waals surface area (Å²) in [4.78, 5) is 26.6. The zero-order chi connectivity index (χ0) is 9.19. The normalized spacial score (nSPS) is 11.3. The molecular formula is C7H10O4Si. The number of hydrogen-bond acceptors (Lipinski definition) is 4. The highest BCUT2D eigenvalue weighted by atomic mass is 28.4. The first kappa shape index (κ1) is 9.21. The third-order valence-electron chi connectivity index (χ3n) is 1.48. The van der Waals surface area contributed by atoms with Gasteiger partial charge in [-0.1, -0.05) is 12.1 Å². The first-order valence-electron chi connectivity index (χ1n) is 3.35. The topological polar surface area (TPSA) is 69.9 Å². The number of ether oxygens (including phenoxy) is 1. The van der Waals surface area contributed by atoms with Crippen LogP contribution >= 0.6 is 0 Å². The fourth-order valence-electron chi connectivity index (χ4n) is 0.815. The van der Waals surface area contributed by atoms with Crippen LogP contribution in [0.1, 0.15) is 0 Å². The standard InChI is InChI=1S/C7H10O4Si/c1-11-6-2-4-7(5-3-6)12(8,9)10/h2-5,8-10H,1H3. The van der Waals surface area contributed by atoms with Crippen molar-refractivity contribution in [2.45, 2.75) is 0 Å². The van der Waals surface area contributed by atoms with E-state index >= 15 is 0 Å². The predicted molar refractivity (Wildman–Crippen MR) is 45.0 cm³/mol. The maximum Gasteiger partial charge on any atom is 0.528 e. The van der Waals surface area contributed by atoms with Crippen molar-refractivity contribution in [1.82, 2.24) is 0 Å². The van der Waals surface area contributed by atoms with Crippen LogP contribution in [0.2, 0.25) is 0 Å². The van der Waals surface area contributed by atoms with Gasteiger partial charge in [0, 0.05) is 5.19 Å². The Labute approximate surface area is 71.0 Å². The van der Waals surface area contributed by atoms with Gasteiger partial charge >= 0.3 is 8.80 Å². The van der Waals surface area contributed by atoms with Gasteiger partial charge in [0.1, 0.15) is 5.75 Å². The number of methoxy groups -OCH3 is 1. The molecule has 0 atom stereocenters. The fourth-order valence-corrected chi connectivity index (χ4v) is 1.43. The Morgan fingerprint density at radius 3 is 1.92 bits per heavy atom. The molecule has 0 aliphatic carbocycles. The molecule has 0 aromatic heterocycles. The van der Waals surface area contributed by atoms with Crippen LogP contribution in [0, 0.1) is 0 Å². The minimum Gasteiger partial charge on any atom is -0.497 e. The fraction of sp³-hybridized carbons (Fsp3) is 0.143. The van der Waals surface area contributed by atoms with Gasteiger partial charge in [-0.2, -0.15) is 0 Å². The minimum atomic E-state index is -4.12. The van der Waals surface area contributed by atoms with E-state index in [1.54, 1.807) is 12.1 Å². The van der Waals surface area contributed by atoms with Gasteiger partial charge in [0.05, 0.1) is 7.11 Å². The highest BCUT2D eigenvalue weighted by Crippen LogP contribution is 2.06. The Morgan fingerprint density at radius 1 is 1.08 bits per heavy atom. The summed E-state index contributed by atoms with van der Waals surface area (Å²) in [7, 11) is -2.61. The van der Waals surface area contributed by atoms with Gasteiger partial charge in [-0.15, -0.1) is 0 Å². The average Bonchev–Trinajstić information content (AvgIpc) is 2.03. The molecule has 0 saturated carbocycles. The molecule has 0 aliphatic heterocycles. The molecule has 0 bridgehead atoms. The van der Waals surface area contributed by atoms with Crippen LogP contribution in [0.3, 0.4) is 0 Å². The quantitative estimate of drug-likeness (QED) is 0.508. The van der Waals surface area contributed by atoms with Gasteiger partial charge in [-0.25, -0.2) is 0 Å². The Hall–Kier alpha value is -0.883. The molecule has 1 aromatic carbocycles. The van der Waals surface area contributed by atoms with Crippen LogP contribution in [-0.4, -0.2) is 30.3 Å². The van der Waals surface area contributed by atoms with Crippen LogP contribution in [0.5, 0.6) is 5.75 Å². The highest BCUT2D eigenvalue weighted by Gasteiger charge is 2.29. The molecule has 0 aliphatic rings.